The van der Waals surface area contributed by atoms with Crippen molar-refractivity contribution in [3.63, 3.8) is 0 Å². The van der Waals surface area contributed by atoms with Gasteiger partial charge in [-0.25, -0.2) is 0 Å². The summed E-state index contributed by atoms with van der Waals surface area (Å²) >= 11 is 0. The third-order valence-electron chi connectivity index (χ3n) is 4.20. The SMILES string of the molecule is CO[C@H]1OCCN2[C@@H]1OCC1[C@H](C)OCC[C@@H]12. The maximum absolute atomic E-state index is 5.92. The van der Waals surface area contributed by atoms with Crippen molar-refractivity contribution in [1.29, 1.82) is 0 Å². The zero-order chi connectivity index (χ0) is 11.8. The van der Waals surface area contributed by atoms with Crippen molar-refractivity contribution >= 4 is 0 Å². The lowest BCUT2D eigenvalue weighted by atomic mass is 9.87. The highest BCUT2D eigenvalue weighted by molar-refractivity contribution is 4.92. The molecular weight excluding hydrogens is 222 g/mol. The second-order valence-corrected chi connectivity index (χ2v) is 5.03. The lowest BCUT2D eigenvalue weighted by Crippen LogP contribution is -2.65. The number of nitrogens with zero attached hydrogens (tertiary/aromatic N) is 1. The average molecular weight is 243 g/mol. The highest BCUT2D eigenvalue weighted by Gasteiger charge is 2.47. The van der Waals surface area contributed by atoms with Gasteiger partial charge in [0.25, 0.3) is 0 Å². The Balaban J connectivity index is 1.77. The molecule has 3 aliphatic rings. The highest BCUT2D eigenvalue weighted by Crippen LogP contribution is 2.34. The molecule has 5 nitrogen and oxygen atoms in total. The van der Waals surface area contributed by atoms with Crippen LogP contribution in [0.25, 0.3) is 0 Å². The van der Waals surface area contributed by atoms with E-state index in [1.807, 2.05) is 0 Å². The van der Waals surface area contributed by atoms with E-state index in [1.54, 1.807) is 7.11 Å². The summed E-state index contributed by atoms with van der Waals surface area (Å²) < 4.78 is 22.6. The maximum atomic E-state index is 5.92. The van der Waals surface area contributed by atoms with Gasteiger partial charge in [0, 0.05) is 32.2 Å². The van der Waals surface area contributed by atoms with Gasteiger partial charge in [0.05, 0.1) is 19.3 Å². The fraction of sp³-hybridized carbons (Fsp3) is 1.00. The standard InChI is InChI=1S/C12H21NO4/c1-8-9-7-17-11-12(14-2)16-6-4-13(11)10(9)3-5-15-8/h8-12H,3-7H2,1-2H3/t8-,9?,10-,11+,12-/m0/s1. The molecule has 5 heteroatoms. The Hall–Kier alpha value is -0.200. The zero-order valence-electron chi connectivity index (χ0n) is 10.5. The normalized spacial score (nSPS) is 47.3. The molecule has 3 saturated heterocycles. The monoisotopic (exact) mass is 243 g/mol. The predicted octanol–water partition coefficient (Wildman–Crippen LogP) is 0.441. The topological polar surface area (TPSA) is 40.2 Å². The van der Waals surface area contributed by atoms with Crippen LogP contribution in [-0.2, 0) is 18.9 Å². The van der Waals surface area contributed by atoms with E-state index >= 15 is 0 Å². The van der Waals surface area contributed by atoms with Crippen molar-refractivity contribution in [1.82, 2.24) is 4.90 Å². The zero-order valence-corrected chi connectivity index (χ0v) is 10.5. The fourth-order valence-corrected chi connectivity index (χ4v) is 3.25. The van der Waals surface area contributed by atoms with E-state index in [1.165, 1.54) is 0 Å². The lowest BCUT2D eigenvalue weighted by molar-refractivity contribution is -0.310. The molecule has 98 valence electrons. The largest absolute Gasteiger partial charge is 0.378 e. The van der Waals surface area contributed by atoms with E-state index in [9.17, 15) is 0 Å². The Kier molecular flexibility index (Phi) is 3.36. The van der Waals surface area contributed by atoms with Crippen LogP contribution in [0.1, 0.15) is 13.3 Å². The van der Waals surface area contributed by atoms with Gasteiger partial charge in [-0.05, 0) is 13.3 Å². The lowest BCUT2D eigenvalue weighted by Gasteiger charge is -2.53. The summed E-state index contributed by atoms with van der Waals surface area (Å²) in [6, 6.07) is 0.555. The fourth-order valence-electron chi connectivity index (χ4n) is 3.25. The number of hydrogen-bond acceptors (Lipinski definition) is 5. The number of fused-ring (bicyclic) bond motifs is 3. The summed E-state index contributed by atoms with van der Waals surface area (Å²) in [5, 5.41) is 0. The Morgan fingerprint density at radius 3 is 2.88 bits per heavy atom. The molecule has 3 aliphatic heterocycles. The second kappa shape index (κ2) is 4.82. The van der Waals surface area contributed by atoms with Crippen LogP contribution < -0.4 is 0 Å². The number of hydrogen-bond donors (Lipinski definition) is 0. The summed E-state index contributed by atoms with van der Waals surface area (Å²) in [5.41, 5.74) is 0. The van der Waals surface area contributed by atoms with Gasteiger partial charge < -0.3 is 18.9 Å². The predicted molar refractivity (Wildman–Crippen MR) is 60.5 cm³/mol. The molecule has 0 saturated carbocycles. The molecule has 1 unspecified atom stereocenters. The number of morpholine rings is 1. The molecule has 0 aromatic carbocycles. The van der Waals surface area contributed by atoms with E-state index in [4.69, 9.17) is 18.9 Å². The van der Waals surface area contributed by atoms with Crippen LogP contribution in [0.4, 0.5) is 0 Å². The van der Waals surface area contributed by atoms with Gasteiger partial charge in [-0.15, -0.1) is 0 Å². The van der Waals surface area contributed by atoms with Crippen LogP contribution in [0.5, 0.6) is 0 Å². The third-order valence-corrected chi connectivity index (χ3v) is 4.20. The summed E-state index contributed by atoms with van der Waals surface area (Å²) in [5.74, 6) is 0.482. The Morgan fingerprint density at radius 1 is 1.18 bits per heavy atom. The molecule has 0 bridgehead atoms. The molecule has 3 rings (SSSR count). The summed E-state index contributed by atoms with van der Waals surface area (Å²) in [4.78, 5) is 2.41. The van der Waals surface area contributed by atoms with Crippen molar-refractivity contribution in [3.8, 4) is 0 Å². The molecule has 0 aromatic heterocycles. The third kappa shape index (κ3) is 2.00. The molecule has 0 spiro atoms. The smallest absolute Gasteiger partial charge is 0.197 e. The molecule has 0 radical (unpaired) electrons. The molecule has 3 fully saturated rings. The first-order valence-electron chi connectivity index (χ1n) is 6.44. The van der Waals surface area contributed by atoms with E-state index in [2.05, 4.69) is 11.8 Å². The minimum absolute atomic E-state index is 0.0414. The van der Waals surface area contributed by atoms with Crippen molar-refractivity contribution < 1.29 is 18.9 Å². The van der Waals surface area contributed by atoms with E-state index in [0.29, 0.717) is 18.1 Å². The minimum Gasteiger partial charge on any atom is -0.378 e. The summed E-state index contributed by atoms with van der Waals surface area (Å²) in [7, 11) is 1.68. The summed E-state index contributed by atoms with van der Waals surface area (Å²) in [6.45, 7) is 5.39. The summed E-state index contributed by atoms with van der Waals surface area (Å²) in [6.07, 6.45) is 1.09. The van der Waals surface area contributed by atoms with E-state index < -0.39 is 0 Å². The molecule has 17 heavy (non-hydrogen) atoms. The van der Waals surface area contributed by atoms with Gasteiger partial charge in [0.15, 0.2) is 12.5 Å². The molecular formula is C12H21NO4. The molecule has 0 amide bonds. The van der Waals surface area contributed by atoms with Crippen molar-refractivity contribution in [2.24, 2.45) is 5.92 Å². The Labute approximate surface area is 102 Å². The van der Waals surface area contributed by atoms with Crippen LogP contribution in [0.3, 0.4) is 0 Å². The first-order valence-corrected chi connectivity index (χ1v) is 6.44. The van der Waals surface area contributed by atoms with Crippen molar-refractivity contribution in [2.75, 3.05) is 33.5 Å². The van der Waals surface area contributed by atoms with Crippen LogP contribution >= 0.6 is 0 Å². The van der Waals surface area contributed by atoms with E-state index in [0.717, 1.165) is 32.8 Å². The molecule has 3 heterocycles. The van der Waals surface area contributed by atoms with Gasteiger partial charge in [-0.2, -0.15) is 0 Å². The number of ether oxygens (including phenoxy) is 4. The van der Waals surface area contributed by atoms with Crippen LogP contribution in [-0.4, -0.2) is 63.0 Å². The van der Waals surface area contributed by atoms with Gasteiger partial charge in [-0.1, -0.05) is 0 Å². The molecule has 5 atom stereocenters. The second-order valence-electron chi connectivity index (χ2n) is 5.03. The minimum atomic E-state index is -0.247. The van der Waals surface area contributed by atoms with Crippen LogP contribution in [0.2, 0.25) is 0 Å². The number of rotatable bonds is 1. The molecule has 0 N–H and O–H groups in total. The Bertz CT molecular complexity index is 275. The van der Waals surface area contributed by atoms with Crippen LogP contribution in [0.15, 0.2) is 0 Å². The molecule has 0 aromatic rings. The maximum Gasteiger partial charge on any atom is 0.197 e. The quantitative estimate of drug-likeness (QED) is 0.668. The molecule has 0 aliphatic carbocycles. The number of methoxy groups -OCH3 is 1. The first kappa shape index (κ1) is 11.9. The highest BCUT2D eigenvalue weighted by atomic mass is 16.7. The van der Waals surface area contributed by atoms with Gasteiger partial charge >= 0.3 is 0 Å². The van der Waals surface area contributed by atoms with Gasteiger partial charge in [0.1, 0.15) is 0 Å². The Morgan fingerprint density at radius 2 is 2.06 bits per heavy atom. The first-order chi connectivity index (χ1) is 8.31. The van der Waals surface area contributed by atoms with E-state index in [-0.39, 0.29) is 12.5 Å². The van der Waals surface area contributed by atoms with Crippen molar-refractivity contribution in [2.45, 2.75) is 38.0 Å². The van der Waals surface area contributed by atoms with Crippen molar-refractivity contribution in [3.05, 3.63) is 0 Å². The average Bonchev–Trinajstić information content (AvgIpc) is 2.38. The van der Waals surface area contributed by atoms with Gasteiger partial charge in [-0.3, -0.25) is 4.90 Å². The van der Waals surface area contributed by atoms with Crippen LogP contribution in [0, 0.1) is 5.92 Å². The van der Waals surface area contributed by atoms with Gasteiger partial charge in [0.2, 0.25) is 0 Å².